The summed E-state index contributed by atoms with van der Waals surface area (Å²) in [6.07, 6.45) is 4.50. The third kappa shape index (κ3) is 4.46. The lowest BCUT2D eigenvalue weighted by Crippen LogP contribution is -2.24. The molecule has 9 heteroatoms. The van der Waals surface area contributed by atoms with E-state index in [2.05, 4.69) is 4.98 Å². The highest BCUT2D eigenvalue weighted by atomic mass is 32.2. The number of fused-ring (bicyclic) bond motifs is 3. The molecule has 1 N–H and O–H groups in total. The van der Waals surface area contributed by atoms with E-state index in [0.717, 1.165) is 62.6 Å². The Morgan fingerprint density at radius 2 is 1.63 bits per heavy atom. The van der Waals surface area contributed by atoms with Gasteiger partial charge < -0.3 is 4.98 Å². The second-order valence-corrected chi connectivity index (χ2v) is 14.2. The molecule has 0 unspecified atom stereocenters. The van der Waals surface area contributed by atoms with Crippen LogP contribution >= 0.6 is 0 Å². The summed E-state index contributed by atoms with van der Waals surface area (Å²) >= 11 is 0. The fraction of sp³-hybridized carbons (Fsp3) is 0.207. The van der Waals surface area contributed by atoms with Gasteiger partial charge in [-0.2, -0.15) is 0 Å². The van der Waals surface area contributed by atoms with Gasteiger partial charge in [0.1, 0.15) is 5.65 Å². The summed E-state index contributed by atoms with van der Waals surface area (Å²) < 4.78 is 50.6. The molecule has 0 aliphatic heterocycles. The number of aromatic amines is 1. The molecule has 6 rings (SSSR count). The van der Waals surface area contributed by atoms with Crippen LogP contribution in [0.2, 0.25) is 0 Å². The smallest absolute Gasteiger partial charge is 0.231 e. The van der Waals surface area contributed by atoms with Crippen LogP contribution in [0.15, 0.2) is 79.0 Å². The second kappa shape index (κ2) is 8.96. The van der Waals surface area contributed by atoms with Crippen LogP contribution in [0.5, 0.6) is 0 Å². The molecular formula is C29H27N3O4S2. The lowest BCUT2D eigenvalue weighted by Gasteiger charge is -2.17. The third-order valence-electron chi connectivity index (χ3n) is 7.19. The van der Waals surface area contributed by atoms with Crippen molar-refractivity contribution in [2.75, 3.05) is 17.6 Å². The zero-order valence-electron chi connectivity index (χ0n) is 21.0. The summed E-state index contributed by atoms with van der Waals surface area (Å²) in [5.41, 5.74) is 6.72. The average Bonchev–Trinajstić information content (AvgIpc) is 3.70. The quantitative estimate of drug-likeness (QED) is 0.290. The van der Waals surface area contributed by atoms with E-state index in [1.807, 2.05) is 66.9 Å². The molecule has 0 saturated heterocycles. The molecule has 0 bridgehead atoms. The number of pyridine rings is 1. The minimum absolute atomic E-state index is 0.0311. The predicted molar refractivity (Wildman–Crippen MR) is 153 cm³/mol. The van der Waals surface area contributed by atoms with Crippen LogP contribution in [-0.4, -0.2) is 45.4 Å². The van der Waals surface area contributed by atoms with Crippen LogP contribution in [0.25, 0.3) is 44.2 Å². The minimum Gasteiger partial charge on any atom is -0.339 e. The van der Waals surface area contributed by atoms with E-state index in [4.69, 9.17) is 4.98 Å². The van der Waals surface area contributed by atoms with Crippen molar-refractivity contribution in [2.24, 2.45) is 0 Å². The van der Waals surface area contributed by atoms with Crippen molar-refractivity contribution in [3.05, 3.63) is 84.6 Å². The minimum atomic E-state index is -3.37. The van der Waals surface area contributed by atoms with E-state index in [9.17, 15) is 16.8 Å². The number of sulfone groups is 1. The van der Waals surface area contributed by atoms with Crippen molar-refractivity contribution in [3.63, 3.8) is 0 Å². The van der Waals surface area contributed by atoms with Crippen molar-refractivity contribution in [1.82, 2.24) is 9.97 Å². The van der Waals surface area contributed by atoms with Gasteiger partial charge in [0.2, 0.25) is 10.0 Å². The lowest BCUT2D eigenvalue weighted by molar-refractivity contribution is 0.593. The van der Waals surface area contributed by atoms with Gasteiger partial charge in [0, 0.05) is 40.7 Å². The summed E-state index contributed by atoms with van der Waals surface area (Å²) in [7, 11) is -5.00. The van der Waals surface area contributed by atoms with Crippen LogP contribution in [0.3, 0.4) is 0 Å². The maximum Gasteiger partial charge on any atom is 0.231 e. The van der Waals surface area contributed by atoms with E-state index in [1.165, 1.54) is 17.6 Å². The Kier molecular flexibility index (Phi) is 5.81. The average molecular weight is 546 g/mol. The number of hydrogen-bond donors (Lipinski definition) is 1. The van der Waals surface area contributed by atoms with Gasteiger partial charge >= 0.3 is 0 Å². The van der Waals surface area contributed by atoms with Gasteiger partial charge in [-0.15, -0.1) is 0 Å². The Bertz CT molecular complexity index is 1890. The third-order valence-corrected chi connectivity index (χ3v) is 10.6. The molecule has 3 aromatic carbocycles. The maximum absolute atomic E-state index is 12.7. The maximum atomic E-state index is 12.7. The molecular weight excluding hydrogens is 518 g/mol. The van der Waals surface area contributed by atoms with Crippen LogP contribution in [0, 0.1) is 0 Å². The first-order valence-electron chi connectivity index (χ1n) is 12.4. The number of H-pyrrole nitrogens is 1. The highest BCUT2D eigenvalue weighted by Crippen LogP contribution is 2.41. The monoisotopic (exact) mass is 545 g/mol. The highest BCUT2D eigenvalue weighted by molar-refractivity contribution is 7.92. The molecule has 38 heavy (non-hydrogen) atoms. The summed E-state index contributed by atoms with van der Waals surface area (Å²) in [5.74, 6) is 0.0311. The zero-order valence-corrected chi connectivity index (χ0v) is 22.7. The number of nitrogens with one attached hydrogen (secondary N) is 1. The van der Waals surface area contributed by atoms with E-state index >= 15 is 0 Å². The first-order chi connectivity index (χ1) is 18.1. The zero-order chi connectivity index (χ0) is 26.7. The molecule has 7 nitrogen and oxygen atoms in total. The fourth-order valence-electron chi connectivity index (χ4n) is 4.94. The van der Waals surface area contributed by atoms with Gasteiger partial charge in [0.25, 0.3) is 0 Å². The Morgan fingerprint density at radius 1 is 0.921 bits per heavy atom. The molecule has 2 heterocycles. The second-order valence-electron chi connectivity index (χ2n) is 9.93. The molecule has 1 saturated carbocycles. The van der Waals surface area contributed by atoms with Gasteiger partial charge in [-0.25, -0.2) is 21.8 Å². The SMILES string of the molecule is CN(c1ccc(-c2cnc3[nH]c4ccc(CS(=O)(=O)C5CC5)cc4c3c2-c2ccccc2)cc1)S(C)(=O)=O. The first kappa shape index (κ1) is 24.6. The van der Waals surface area contributed by atoms with Gasteiger partial charge in [-0.3, -0.25) is 4.31 Å². The molecule has 5 aromatic rings. The van der Waals surface area contributed by atoms with Crippen molar-refractivity contribution in [1.29, 1.82) is 0 Å². The Labute approximate surface area is 222 Å². The molecule has 0 amide bonds. The number of nitrogens with zero attached hydrogens (tertiary/aromatic N) is 2. The largest absolute Gasteiger partial charge is 0.339 e. The van der Waals surface area contributed by atoms with Crippen LogP contribution in [-0.2, 0) is 25.6 Å². The number of benzene rings is 3. The highest BCUT2D eigenvalue weighted by Gasteiger charge is 2.35. The van der Waals surface area contributed by atoms with Crippen molar-refractivity contribution >= 4 is 47.5 Å². The summed E-state index contributed by atoms with van der Waals surface area (Å²) in [4.78, 5) is 8.14. The topological polar surface area (TPSA) is 100 Å². The Balaban J connectivity index is 1.55. The van der Waals surface area contributed by atoms with Gasteiger partial charge in [0.05, 0.1) is 22.9 Å². The fourth-order valence-corrected chi connectivity index (χ4v) is 7.17. The Hall–Kier alpha value is -3.69. The molecule has 2 aromatic heterocycles. The summed E-state index contributed by atoms with van der Waals surface area (Å²) in [6.45, 7) is 0. The molecule has 1 aliphatic rings. The lowest BCUT2D eigenvalue weighted by atomic mass is 9.92. The van der Waals surface area contributed by atoms with Gasteiger partial charge in [-0.1, -0.05) is 48.5 Å². The van der Waals surface area contributed by atoms with Crippen molar-refractivity contribution in [3.8, 4) is 22.3 Å². The van der Waals surface area contributed by atoms with Crippen molar-refractivity contribution < 1.29 is 16.8 Å². The normalized spacial score (nSPS) is 14.3. The number of rotatable bonds is 7. The molecule has 1 aliphatic carbocycles. The molecule has 1 fully saturated rings. The van der Waals surface area contributed by atoms with E-state index in [0.29, 0.717) is 5.69 Å². The van der Waals surface area contributed by atoms with E-state index < -0.39 is 19.9 Å². The predicted octanol–water partition coefficient (Wildman–Crippen LogP) is 5.52. The van der Waals surface area contributed by atoms with E-state index in [1.54, 1.807) is 12.1 Å². The van der Waals surface area contributed by atoms with Crippen LogP contribution < -0.4 is 4.31 Å². The van der Waals surface area contributed by atoms with Crippen LogP contribution in [0.1, 0.15) is 18.4 Å². The number of aromatic nitrogens is 2. The summed E-state index contributed by atoms with van der Waals surface area (Å²) in [6, 6.07) is 23.2. The molecule has 194 valence electrons. The van der Waals surface area contributed by atoms with Gasteiger partial charge in [0.15, 0.2) is 9.84 Å². The van der Waals surface area contributed by atoms with Gasteiger partial charge in [-0.05, 0) is 53.8 Å². The summed E-state index contributed by atoms with van der Waals surface area (Å²) in [5, 5.41) is 1.64. The molecule has 0 radical (unpaired) electrons. The first-order valence-corrected chi connectivity index (χ1v) is 15.9. The Morgan fingerprint density at radius 3 is 2.29 bits per heavy atom. The molecule has 0 atom stereocenters. The van der Waals surface area contributed by atoms with E-state index in [-0.39, 0.29) is 11.0 Å². The number of sulfonamides is 1. The standard InChI is InChI=1S/C29H27N3O4S2/c1-32(37(2,33)34)22-11-9-20(10-12-22)25-17-30-29-28(27(25)21-6-4-3-5-7-21)24-16-19(8-15-26(24)31-29)18-38(35,36)23-13-14-23/h3-12,15-17,23H,13-14,18H2,1-2H3,(H,30,31). The molecule has 0 spiro atoms. The van der Waals surface area contributed by atoms with Crippen molar-refractivity contribution in [2.45, 2.75) is 23.8 Å². The number of hydrogen-bond acceptors (Lipinski definition) is 5. The number of anilines is 1. The van der Waals surface area contributed by atoms with Crippen LogP contribution in [0.4, 0.5) is 5.69 Å².